The van der Waals surface area contributed by atoms with Crippen LogP contribution in [-0.4, -0.2) is 109 Å². The van der Waals surface area contributed by atoms with E-state index in [4.69, 9.17) is 23.5 Å². The number of piperazine rings is 1. The number of carbonyl (C=O) groups excluding carboxylic acids is 5. The molecule has 7 rings (SSSR count). The van der Waals surface area contributed by atoms with E-state index in [0.29, 0.717) is 16.4 Å². The smallest absolute Gasteiger partial charge is 0.482 e. The van der Waals surface area contributed by atoms with Crippen LogP contribution in [0, 0.1) is 27.4 Å². The van der Waals surface area contributed by atoms with Crippen LogP contribution in [0.25, 0.3) is 0 Å². The molecule has 0 radical (unpaired) electrons. The number of nitrogens with one attached hydrogen (secondary N) is 2. The number of hydrogen-bond acceptors (Lipinski definition) is 12. The van der Waals surface area contributed by atoms with Crippen molar-refractivity contribution in [3.63, 3.8) is 0 Å². The maximum absolute atomic E-state index is 14.7. The number of carbonyl (C=O) groups is 5. The first-order valence-corrected chi connectivity index (χ1v) is 19.5. The zero-order valence-corrected chi connectivity index (χ0v) is 34.4. The summed E-state index contributed by atoms with van der Waals surface area (Å²) in [4.78, 5) is 81.0. The quantitative estimate of drug-likeness (QED) is 0.103. The highest BCUT2D eigenvalue weighted by Crippen LogP contribution is 2.65. The van der Waals surface area contributed by atoms with Gasteiger partial charge in [-0.3, -0.25) is 29.4 Å². The van der Waals surface area contributed by atoms with Crippen molar-refractivity contribution in [2.75, 3.05) is 33.9 Å². The van der Waals surface area contributed by atoms with Crippen LogP contribution in [0.2, 0.25) is 0 Å². The normalized spacial score (nSPS) is 24.6. The number of likely N-dealkylation sites (N-methyl/N-ethyl adjacent to an activating group) is 1. The van der Waals surface area contributed by atoms with Gasteiger partial charge in [0.25, 0.3) is 0 Å². The fraction of sp³-hybridized carbons (Fsp3) is 0.575. The lowest BCUT2D eigenvalue weighted by Gasteiger charge is -2.64. The molecule has 2 heterocycles. The minimum atomic E-state index is -1.63. The molecule has 0 spiro atoms. The predicted molar refractivity (Wildman–Crippen MR) is 209 cm³/mol. The van der Waals surface area contributed by atoms with Crippen molar-refractivity contribution in [1.82, 2.24) is 20.4 Å². The Balaban J connectivity index is 1.38. The van der Waals surface area contributed by atoms with Crippen LogP contribution in [0.3, 0.4) is 0 Å². The van der Waals surface area contributed by atoms with Crippen molar-refractivity contribution >= 4 is 42.5 Å². The third-order valence-electron chi connectivity index (χ3n) is 12.2. The van der Waals surface area contributed by atoms with Gasteiger partial charge in [-0.1, -0.05) is 32.0 Å². The van der Waals surface area contributed by atoms with Crippen molar-refractivity contribution in [3.05, 3.63) is 63.2 Å². The Hall–Kier alpha value is -5.23. The summed E-state index contributed by atoms with van der Waals surface area (Å²) in [5.74, 6) is -3.65. The number of ether oxygens (including phenoxy) is 3. The Bertz CT molecular complexity index is 2000. The van der Waals surface area contributed by atoms with Gasteiger partial charge in [0.15, 0.2) is 5.75 Å². The summed E-state index contributed by atoms with van der Waals surface area (Å²) in [6, 6.07) is 6.07. The zero-order valence-electron chi connectivity index (χ0n) is 34.4. The van der Waals surface area contributed by atoms with Gasteiger partial charge in [0.05, 0.1) is 36.8 Å². The third kappa shape index (κ3) is 7.83. The van der Waals surface area contributed by atoms with Gasteiger partial charge in [-0.2, -0.15) is 0 Å². The molecule has 17 nitrogen and oxygen atoms in total. The number of nitro groups is 1. The van der Waals surface area contributed by atoms with Gasteiger partial charge in [0.1, 0.15) is 23.0 Å². The third-order valence-corrected chi connectivity index (χ3v) is 12.2. The van der Waals surface area contributed by atoms with Crippen molar-refractivity contribution in [2.24, 2.45) is 17.3 Å². The number of methoxy groups -OCH3 is 2. The summed E-state index contributed by atoms with van der Waals surface area (Å²) in [5.41, 5.74) is -1.29. The minimum Gasteiger partial charge on any atom is -0.496 e. The number of benzene rings is 2. The number of urea groups is 1. The van der Waals surface area contributed by atoms with Crippen LogP contribution in [-0.2, 0) is 34.9 Å². The molecule has 2 bridgehead atoms. The highest BCUT2D eigenvalue weighted by atomic mass is 16.7. The Labute approximate surface area is 337 Å². The van der Waals surface area contributed by atoms with Crippen LogP contribution < -0.4 is 20.1 Å². The molecule has 2 aliphatic heterocycles. The summed E-state index contributed by atoms with van der Waals surface area (Å²) < 4.78 is 30.1. The van der Waals surface area contributed by atoms with Gasteiger partial charge in [-0.25, -0.2) is 9.59 Å². The second-order valence-electron chi connectivity index (χ2n) is 17.1. The van der Waals surface area contributed by atoms with Crippen LogP contribution in [0.15, 0.2) is 36.4 Å². The number of nitrogens with zero attached hydrogens (tertiary/aromatic N) is 3. The summed E-state index contributed by atoms with van der Waals surface area (Å²) in [6.45, 7) is 13.6. The maximum atomic E-state index is 14.7. The lowest BCUT2D eigenvalue weighted by Crippen LogP contribution is -2.65. The number of amides is 5. The summed E-state index contributed by atoms with van der Waals surface area (Å²) in [7, 11) is 1.66. The average Bonchev–Trinajstić information content (AvgIpc) is 3.53. The number of rotatable bonds is 12. The topological polar surface area (TPSA) is 205 Å². The second kappa shape index (κ2) is 15.8. The summed E-state index contributed by atoms with van der Waals surface area (Å²) in [6.07, 6.45) is 1.44. The fourth-order valence-corrected chi connectivity index (χ4v) is 8.97. The zero-order chi connectivity index (χ0) is 42.5. The van der Waals surface area contributed by atoms with Crippen molar-refractivity contribution < 1.29 is 52.4 Å². The number of hydrogen-bond donors (Lipinski definition) is 2. The van der Waals surface area contributed by atoms with Crippen molar-refractivity contribution in [3.8, 4) is 11.5 Å². The number of para-hydroxylation sites is 1. The van der Waals surface area contributed by atoms with Crippen molar-refractivity contribution in [1.29, 1.82) is 0 Å². The predicted octanol–water partition coefficient (Wildman–Crippen LogP) is 4.00. The highest BCUT2D eigenvalue weighted by molar-refractivity contribution is 6.48. The second-order valence-corrected chi connectivity index (χ2v) is 17.1. The Morgan fingerprint density at radius 2 is 1.76 bits per heavy atom. The van der Waals surface area contributed by atoms with Crippen LogP contribution in [0.1, 0.15) is 88.8 Å². The van der Waals surface area contributed by atoms with Gasteiger partial charge in [-0.05, 0) is 94.4 Å². The van der Waals surface area contributed by atoms with Gasteiger partial charge in [0.2, 0.25) is 5.91 Å². The Morgan fingerprint density at radius 1 is 1.03 bits per heavy atom. The van der Waals surface area contributed by atoms with Gasteiger partial charge >= 0.3 is 36.6 Å². The molecule has 3 aliphatic carbocycles. The SMILES string of the molecule is CCN1CCN(C(=O)NC(C(=O)N[C@@H](Cc2cccc(C(=O)OC(C)(C)C)c2OC)B2O[C@@H]3C[C@@H]4C[C@@H](C4(C)C)[C@]3(C)O2)c2ccc(OC)c([N+](=O)[O-])c2)C(=O)C1=O. The largest absolute Gasteiger partial charge is 0.496 e. The first-order valence-electron chi connectivity index (χ1n) is 19.5. The van der Waals surface area contributed by atoms with Gasteiger partial charge < -0.3 is 39.1 Å². The van der Waals surface area contributed by atoms with Gasteiger partial charge in [-0.15, -0.1) is 0 Å². The van der Waals surface area contributed by atoms with Crippen LogP contribution in [0.5, 0.6) is 11.5 Å². The molecule has 2 saturated heterocycles. The van der Waals surface area contributed by atoms with E-state index in [1.54, 1.807) is 45.9 Å². The molecule has 0 aromatic heterocycles. The molecule has 58 heavy (non-hydrogen) atoms. The molecule has 5 aliphatic rings. The van der Waals surface area contributed by atoms with E-state index in [-0.39, 0.29) is 66.1 Å². The molecule has 312 valence electrons. The average molecular weight is 806 g/mol. The Morgan fingerprint density at radius 3 is 2.38 bits per heavy atom. The molecule has 18 heteroatoms. The maximum Gasteiger partial charge on any atom is 0.482 e. The molecule has 5 amide bonds. The van der Waals surface area contributed by atoms with E-state index in [2.05, 4.69) is 24.5 Å². The first kappa shape index (κ1) is 42.4. The molecular weight excluding hydrogens is 753 g/mol. The molecule has 2 N–H and O–H groups in total. The summed E-state index contributed by atoms with van der Waals surface area (Å²) in [5, 5.41) is 17.6. The fourth-order valence-electron chi connectivity index (χ4n) is 8.97. The Kier molecular flexibility index (Phi) is 11.6. The number of esters is 1. The number of imide groups is 1. The monoisotopic (exact) mass is 805 g/mol. The van der Waals surface area contributed by atoms with Gasteiger partial charge in [0, 0.05) is 25.7 Å². The lowest BCUT2D eigenvalue weighted by molar-refractivity contribution is -0.385. The van der Waals surface area contributed by atoms with E-state index in [1.165, 1.54) is 31.3 Å². The van der Waals surface area contributed by atoms with E-state index in [9.17, 15) is 34.1 Å². The van der Waals surface area contributed by atoms with E-state index in [1.807, 2.05) is 6.92 Å². The standard InChI is InChI=1S/C40H52BN5O12/c1-10-44-16-17-45(35(49)34(44)48)37(51)43-31(22-14-15-27(54-8)26(18-22)46(52)53)33(47)42-30(41-57-29-21-24-20-28(39(24,5)6)40(29,7)58-41)19-23-12-11-13-25(32(23)55-9)36(50)56-38(2,3)4/h11-15,18,24,28-31H,10,16-17,19-21H2,1-9H3,(H,42,47)(H,43,51)/t24-,28-,29+,30-,31?,40-/m0/s1. The first-order chi connectivity index (χ1) is 27.2. The van der Waals surface area contributed by atoms with Crippen LogP contribution >= 0.6 is 0 Å². The van der Waals surface area contributed by atoms with Crippen LogP contribution in [0.4, 0.5) is 10.5 Å². The van der Waals surface area contributed by atoms with Crippen molar-refractivity contribution in [2.45, 2.75) is 97.0 Å². The molecule has 2 aromatic carbocycles. The minimum absolute atomic E-state index is 0.00585. The summed E-state index contributed by atoms with van der Waals surface area (Å²) >= 11 is 0. The molecule has 6 atom stereocenters. The molecule has 3 saturated carbocycles. The highest BCUT2D eigenvalue weighted by Gasteiger charge is 2.68. The van der Waals surface area contributed by atoms with E-state index < -0.39 is 70.6 Å². The van der Waals surface area contributed by atoms with E-state index >= 15 is 0 Å². The molecule has 2 aromatic rings. The van der Waals surface area contributed by atoms with E-state index in [0.717, 1.165) is 18.9 Å². The number of nitro benzene ring substituents is 1. The lowest BCUT2D eigenvalue weighted by atomic mass is 9.43. The molecule has 1 unspecified atom stereocenters. The molecular formula is C40H52BN5O12. The molecule has 5 fully saturated rings.